The van der Waals surface area contributed by atoms with Gasteiger partial charge in [-0.25, -0.2) is 0 Å². The Labute approximate surface area is 172 Å². The second-order valence-electron chi connectivity index (χ2n) is 6.44. The number of hydrogen-bond acceptors (Lipinski definition) is 4. The molecule has 4 aromatic heterocycles. The van der Waals surface area contributed by atoms with Gasteiger partial charge in [0.1, 0.15) is 0 Å². The molecule has 0 fully saturated rings. The van der Waals surface area contributed by atoms with E-state index in [2.05, 4.69) is 36.2 Å². The van der Waals surface area contributed by atoms with Gasteiger partial charge in [0.15, 0.2) is 0 Å². The molecule has 0 amide bonds. The molecule has 0 N–H and O–H groups in total. The normalized spacial score (nSPS) is 11.0. The average Bonchev–Trinajstić information content (AvgIpc) is 3.24. The van der Waals surface area contributed by atoms with Crippen LogP contribution in [-0.4, -0.2) is 24.7 Å². The summed E-state index contributed by atoms with van der Waals surface area (Å²) >= 11 is 0. The number of rotatable bonds is 4. The van der Waals surface area contributed by atoms with Gasteiger partial charge >= 0.3 is 21.1 Å². The van der Waals surface area contributed by atoms with Gasteiger partial charge in [0.25, 0.3) is 0 Å². The summed E-state index contributed by atoms with van der Waals surface area (Å²) < 4.78 is 1.63. The first kappa shape index (κ1) is 19.1. The fourth-order valence-electron chi connectivity index (χ4n) is 2.78. The van der Waals surface area contributed by atoms with Crippen molar-refractivity contribution < 1.29 is 21.1 Å². The van der Waals surface area contributed by atoms with Gasteiger partial charge < -0.3 is 14.6 Å². The number of nitrogens with zero attached hydrogens (tertiary/aromatic N) is 5. The standard InChI is InChI=1S/C21H17N5.Pt/c1-21(2,19-10-4-11-20(25-19)26-14-6-13-23-26)18-9-3-8-17(24-18)16-7-5-12-22-15-16;/h3-6,8-13,15H,1-2H3;/q-2;+2. The van der Waals surface area contributed by atoms with Crippen molar-refractivity contribution in [2.45, 2.75) is 19.3 Å². The summed E-state index contributed by atoms with van der Waals surface area (Å²) in [5.41, 5.74) is 3.19. The molecule has 0 unspecified atom stereocenters. The van der Waals surface area contributed by atoms with E-state index in [0.717, 1.165) is 28.5 Å². The molecule has 4 aromatic rings. The third-order valence-corrected chi connectivity index (χ3v) is 4.31. The molecule has 136 valence electrons. The Bertz CT molecular complexity index is 1010. The van der Waals surface area contributed by atoms with Crippen molar-refractivity contribution in [3.63, 3.8) is 0 Å². The van der Waals surface area contributed by atoms with Crippen LogP contribution in [0.25, 0.3) is 17.1 Å². The molecule has 0 saturated heterocycles. The van der Waals surface area contributed by atoms with Crippen LogP contribution in [0.15, 0.2) is 67.1 Å². The van der Waals surface area contributed by atoms with Crippen molar-refractivity contribution in [2.75, 3.05) is 0 Å². The Morgan fingerprint density at radius 1 is 0.926 bits per heavy atom. The fraction of sp³-hybridized carbons (Fsp3) is 0.143. The topological polar surface area (TPSA) is 56.5 Å². The van der Waals surface area contributed by atoms with Gasteiger partial charge in [-0.2, -0.15) is 0 Å². The van der Waals surface area contributed by atoms with E-state index in [4.69, 9.17) is 9.97 Å². The zero-order chi connectivity index (χ0) is 18.0. The summed E-state index contributed by atoms with van der Waals surface area (Å²) in [5, 5.41) is 4.21. The first-order valence-corrected chi connectivity index (χ1v) is 8.34. The molecule has 0 spiro atoms. The van der Waals surface area contributed by atoms with Crippen molar-refractivity contribution in [1.29, 1.82) is 0 Å². The Morgan fingerprint density at radius 3 is 2.41 bits per heavy atom. The molecule has 27 heavy (non-hydrogen) atoms. The van der Waals surface area contributed by atoms with Gasteiger partial charge in [-0.15, -0.1) is 23.8 Å². The minimum atomic E-state index is -0.374. The van der Waals surface area contributed by atoms with E-state index in [9.17, 15) is 0 Å². The maximum Gasteiger partial charge on any atom is 2.00 e. The second-order valence-corrected chi connectivity index (χ2v) is 6.44. The summed E-state index contributed by atoms with van der Waals surface area (Å²) in [6.07, 6.45) is 8.18. The zero-order valence-electron chi connectivity index (χ0n) is 14.9. The fourth-order valence-corrected chi connectivity index (χ4v) is 2.78. The molecule has 0 bridgehead atoms. The van der Waals surface area contributed by atoms with E-state index in [1.807, 2.05) is 36.4 Å². The molecule has 0 aliphatic carbocycles. The minimum Gasteiger partial charge on any atom is -0.360 e. The first-order valence-electron chi connectivity index (χ1n) is 8.34. The Hall–Kier alpha value is -2.65. The maximum atomic E-state index is 4.84. The van der Waals surface area contributed by atoms with E-state index < -0.39 is 0 Å². The van der Waals surface area contributed by atoms with Gasteiger partial charge in [-0.3, -0.25) is 10.1 Å². The molecule has 0 aliphatic rings. The molecular formula is C21H17N5Pt. The van der Waals surface area contributed by atoms with Gasteiger partial charge in [0.05, 0.1) is 5.82 Å². The molecule has 0 aromatic carbocycles. The third kappa shape index (κ3) is 3.88. The maximum absolute atomic E-state index is 4.84. The van der Waals surface area contributed by atoms with Crippen LogP contribution in [0.1, 0.15) is 25.2 Å². The van der Waals surface area contributed by atoms with E-state index in [1.54, 1.807) is 35.4 Å². The van der Waals surface area contributed by atoms with Crippen molar-refractivity contribution in [2.24, 2.45) is 0 Å². The predicted octanol–water partition coefficient (Wildman–Crippen LogP) is 3.65. The summed E-state index contributed by atoms with van der Waals surface area (Å²) in [7, 11) is 0. The number of pyridine rings is 3. The second kappa shape index (κ2) is 7.93. The monoisotopic (exact) mass is 534 g/mol. The Kier molecular flexibility index (Phi) is 5.62. The van der Waals surface area contributed by atoms with E-state index in [0.29, 0.717) is 0 Å². The molecule has 0 saturated carbocycles. The molecule has 0 radical (unpaired) electrons. The SMILES string of the molecule is CC(C)(c1cccc(-c2[c-]ccnc2)n1)c1cccc(-n2[c-]ccn2)n1.[Pt+2]. The van der Waals surface area contributed by atoms with Crippen molar-refractivity contribution in [3.05, 3.63) is 90.8 Å². The Morgan fingerprint density at radius 2 is 1.70 bits per heavy atom. The van der Waals surface area contributed by atoms with Crippen molar-refractivity contribution in [3.8, 4) is 17.1 Å². The van der Waals surface area contributed by atoms with Crippen LogP contribution >= 0.6 is 0 Å². The summed E-state index contributed by atoms with van der Waals surface area (Å²) in [6, 6.07) is 18.6. The molecular weight excluding hydrogens is 517 g/mol. The van der Waals surface area contributed by atoms with E-state index in [-0.39, 0.29) is 26.5 Å². The largest absolute Gasteiger partial charge is 2.00 e. The first-order chi connectivity index (χ1) is 12.6. The summed E-state index contributed by atoms with van der Waals surface area (Å²) in [4.78, 5) is 13.8. The molecule has 6 heteroatoms. The molecule has 0 atom stereocenters. The van der Waals surface area contributed by atoms with Crippen LogP contribution in [-0.2, 0) is 26.5 Å². The quantitative estimate of drug-likeness (QED) is 0.376. The van der Waals surface area contributed by atoms with Gasteiger partial charge in [0.2, 0.25) is 0 Å². The van der Waals surface area contributed by atoms with E-state index >= 15 is 0 Å². The van der Waals surface area contributed by atoms with Gasteiger partial charge in [0, 0.05) is 16.8 Å². The van der Waals surface area contributed by atoms with E-state index in [1.165, 1.54) is 0 Å². The zero-order valence-corrected chi connectivity index (χ0v) is 17.2. The summed E-state index contributed by atoms with van der Waals surface area (Å²) in [6.45, 7) is 4.23. The van der Waals surface area contributed by atoms with Crippen LogP contribution in [0, 0.1) is 12.3 Å². The molecule has 0 aliphatic heterocycles. The molecule has 5 nitrogen and oxygen atoms in total. The number of aromatic nitrogens is 5. The van der Waals surface area contributed by atoms with Gasteiger partial charge in [-0.1, -0.05) is 49.1 Å². The van der Waals surface area contributed by atoms with Crippen LogP contribution < -0.4 is 0 Å². The number of hydrogen-bond donors (Lipinski definition) is 0. The van der Waals surface area contributed by atoms with Gasteiger partial charge in [-0.05, 0) is 31.7 Å². The van der Waals surface area contributed by atoms with Crippen LogP contribution in [0.4, 0.5) is 0 Å². The van der Waals surface area contributed by atoms with Crippen LogP contribution in [0.3, 0.4) is 0 Å². The molecule has 4 heterocycles. The van der Waals surface area contributed by atoms with Crippen LogP contribution in [0.2, 0.25) is 0 Å². The van der Waals surface area contributed by atoms with Crippen molar-refractivity contribution in [1.82, 2.24) is 24.7 Å². The molecule has 4 rings (SSSR count). The van der Waals surface area contributed by atoms with Crippen LogP contribution in [0.5, 0.6) is 0 Å². The summed E-state index contributed by atoms with van der Waals surface area (Å²) in [5.74, 6) is 0.734. The van der Waals surface area contributed by atoms with Crippen molar-refractivity contribution >= 4 is 0 Å². The minimum absolute atomic E-state index is 0. The third-order valence-electron chi connectivity index (χ3n) is 4.31. The smallest absolute Gasteiger partial charge is 0.360 e. The average molecular weight is 534 g/mol. The predicted molar refractivity (Wildman–Crippen MR) is 98.6 cm³/mol. The Balaban J connectivity index is 0.00000210.